The highest BCUT2D eigenvalue weighted by Gasteiger charge is 2.41. The molecular formula is C75H82N4O3S4. The molecule has 0 bridgehead atoms. The molecule has 0 radical (unpaired) electrons. The van der Waals surface area contributed by atoms with Crippen molar-refractivity contribution in [2.45, 2.75) is 175 Å². The first-order chi connectivity index (χ1) is 42.1. The van der Waals surface area contributed by atoms with Crippen LogP contribution in [0.3, 0.4) is 0 Å². The van der Waals surface area contributed by atoms with Gasteiger partial charge >= 0.3 is 5.97 Å². The number of benzene rings is 5. The first-order valence-corrected chi connectivity index (χ1v) is 35.3. The monoisotopic (exact) mass is 1210 g/mol. The number of anilines is 3. The number of para-hydroxylation sites is 2. The van der Waals surface area contributed by atoms with Crippen LogP contribution in [0, 0.1) is 23.2 Å². The van der Waals surface area contributed by atoms with Crippen molar-refractivity contribution in [2.24, 2.45) is 11.8 Å². The van der Waals surface area contributed by atoms with Gasteiger partial charge in [0.2, 0.25) is 0 Å². The summed E-state index contributed by atoms with van der Waals surface area (Å²) in [5.74, 6) is -0.0940. The summed E-state index contributed by atoms with van der Waals surface area (Å²) in [6.07, 6.45) is 25.1. The third-order valence-corrected chi connectivity index (χ3v) is 23.5. The number of rotatable bonds is 30. The molecule has 1 aliphatic carbocycles. The van der Waals surface area contributed by atoms with Crippen LogP contribution in [-0.2, 0) is 23.1 Å². The van der Waals surface area contributed by atoms with E-state index in [1.807, 2.05) is 28.7 Å². The van der Waals surface area contributed by atoms with Crippen LogP contribution in [0.4, 0.5) is 17.1 Å². The first kappa shape index (κ1) is 61.0. The van der Waals surface area contributed by atoms with E-state index >= 15 is 0 Å². The molecule has 11 heteroatoms. The van der Waals surface area contributed by atoms with Crippen LogP contribution in [0.25, 0.3) is 78.4 Å². The number of hydrogen-bond acceptors (Lipinski definition) is 10. The fourth-order valence-corrected chi connectivity index (χ4v) is 18.8. The van der Waals surface area contributed by atoms with Crippen LogP contribution < -0.4 is 4.90 Å². The summed E-state index contributed by atoms with van der Waals surface area (Å²) in [6.45, 7) is 13.9. The smallest absolute Gasteiger partial charge is 0.346 e. The summed E-state index contributed by atoms with van der Waals surface area (Å²) in [5.41, 5.74) is 14.1. The first-order valence-electron chi connectivity index (χ1n) is 32.1. The van der Waals surface area contributed by atoms with Crippen molar-refractivity contribution in [1.29, 1.82) is 5.26 Å². The molecule has 11 rings (SSSR count). The molecule has 2 atom stereocenters. The average molecular weight is 1220 g/mol. The quantitative estimate of drug-likeness (QED) is 0.0272. The Labute approximate surface area is 525 Å². The second kappa shape index (κ2) is 28.0. The van der Waals surface area contributed by atoms with Crippen LogP contribution in [0.2, 0.25) is 0 Å². The Morgan fingerprint density at radius 3 is 1.60 bits per heavy atom. The van der Waals surface area contributed by atoms with Gasteiger partial charge in [-0.15, -0.1) is 45.3 Å². The highest BCUT2D eigenvalue weighted by Crippen LogP contribution is 2.57. The van der Waals surface area contributed by atoms with Gasteiger partial charge in [-0.05, 0) is 160 Å². The molecule has 0 saturated carbocycles. The Hall–Kier alpha value is -6.68. The van der Waals surface area contributed by atoms with Gasteiger partial charge < -0.3 is 10.0 Å². The van der Waals surface area contributed by atoms with Crippen molar-refractivity contribution < 1.29 is 14.5 Å². The zero-order valence-corrected chi connectivity index (χ0v) is 54.4. The van der Waals surface area contributed by atoms with E-state index in [0.29, 0.717) is 11.8 Å². The number of thiophene rings is 4. The zero-order valence-electron chi connectivity index (χ0n) is 51.1. The molecular weight excluding hydrogens is 1130 g/mol. The molecule has 86 heavy (non-hydrogen) atoms. The van der Waals surface area contributed by atoms with E-state index < -0.39 is 5.97 Å². The summed E-state index contributed by atoms with van der Waals surface area (Å²) in [4.78, 5) is 21.5. The Morgan fingerprint density at radius 2 is 1.08 bits per heavy atom. The molecule has 5 aromatic carbocycles. The van der Waals surface area contributed by atoms with Crippen LogP contribution in [0.5, 0.6) is 0 Å². The molecule has 1 N–H and O–H groups in total. The number of nitriles is 1. The SMILES string of the molecule is CCCCCCC(CCCC)Cc1cc(/C=C(\C#N)C(=O)O)sc1-c1cc2c3nonc3c3cc(-c4sc(-c5ccc6c(c5)C(CC)(CC)c5cc(N(c7ccccc7)c7ccccc7)ccc5-6)cc4CC(CCCC)CCCCCC)sc3c2s1. The summed E-state index contributed by atoms with van der Waals surface area (Å²) in [7, 11) is 0. The molecule has 5 aromatic heterocycles. The van der Waals surface area contributed by atoms with Gasteiger partial charge in [0.1, 0.15) is 22.7 Å². The van der Waals surface area contributed by atoms with E-state index in [2.05, 4.69) is 178 Å². The number of fused-ring (bicyclic) bond motifs is 9. The Bertz CT molecular complexity index is 3980. The van der Waals surface area contributed by atoms with Gasteiger partial charge in [-0.3, -0.25) is 0 Å². The maximum atomic E-state index is 12.2. The average Bonchev–Trinajstić information content (AvgIpc) is 1.64. The molecule has 10 aromatic rings. The lowest BCUT2D eigenvalue weighted by Gasteiger charge is -2.32. The van der Waals surface area contributed by atoms with Crippen LogP contribution in [0.15, 0.2) is 132 Å². The number of aromatic nitrogens is 2. The third kappa shape index (κ3) is 12.6. The number of unbranched alkanes of at least 4 members (excludes halogenated alkanes) is 8. The van der Waals surface area contributed by atoms with Crippen LogP contribution in [-0.4, -0.2) is 21.4 Å². The number of carboxylic acids is 1. The third-order valence-electron chi connectivity index (χ3n) is 18.4. The molecule has 2 unspecified atom stereocenters. The lowest BCUT2D eigenvalue weighted by atomic mass is 9.73. The van der Waals surface area contributed by atoms with Crippen molar-refractivity contribution in [2.75, 3.05) is 4.90 Å². The Morgan fingerprint density at radius 1 is 0.570 bits per heavy atom. The zero-order chi connectivity index (χ0) is 59.7. The number of carbonyl (C=O) groups is 1. The van der Waals surface area contributed by atoms with Crippen molar-refractivity contribution in [1.82, 2.24) is 10.3 Å². The molecule has 444 valence electrons. The van der Waals surface area contributed by atoms with Crippen molar-refractivity contribution in [3.8, 4) is 47.1 Å². The van der Waals surface area contributed by atoms with Gasteiger partial charge in [-0.1, -0.05) is 199 Å². The maximum Gasteiger partial charge on any atom is 0.346 e. The summed E-state index contributed by atoms with van der Waals surface area (Å²) >= 11 is 7.21. The minimum atomic E-state index is -1.21. The maximum absolute atomic E-state index is 12.2. The van der Waals surface area contributed by atoms with E-state index in [9.17, 15) is 15.2 Å². The number of hydrogen-bond donors (Lipinski definition) is 1. The predicted molar refractivity (Wildman–Crippen MR) is 368 cm³/mol. The second-order valence-corrected chi connectivity index (χ2v) is 28.3. The molecule has 1 aliphatic rings. The second-order valence-electron chi connectivity index (χ2n) is 24.0. The van der Waals surface area contributed by atoms with E-state index in [4.69, 9.17) is 4.63 Å². The number of nitrogens with zero attached hydrogens (tertiary/aromatic N) is 4. The van der Waals surface area contributed by atoms with Gasteiger partial charge in [0.15, 0.2) is 0 Å². The normalized spacial score (nSPS) is 13.6. The topological polar surface area (TPSA) is 103 Å². The van der Waals surface area contributed by atoms with E-state index in [1.165, 1.54) is 159 Å². The van der Waals surface area contributed by atoms with Gasteiger partial charge in [-0.25, -0.2) is 9.42 Å². The lowest BCUT2D eigenvalue weighted by molar-refractivity contribution is -0.132. The number of carboxylic acid groups (broad SMARTS) is 1. The molecule has 5 heterocycles. The van der Waals surface area contributed by atoms with Gasteiger partial charge in [0.25, 0.3) is 0 Å². The van der Waals surface area contributed by atoms with Crippen LogP contribution in [0.1, 0.15) is 184 Å². The minimum Gasteiger partial charge on any atom is -0.477 e. The molecule has 0 spiro atoms. The van der Waals surface area contributed by atoms with Gasteiger partial charge in [0, 0.05) is 62.5 Å². The molecule has 0 fully saturated rings. The summed E-state index contributed by atoms with van der Waals surface area (Å²) in [5, 5.41) is 31.2. The van der Waals surface area contributed by atoms with Crippen LogP contribution >= 0.6 is 45.3 Å². The lowest BCUT2D eigenvalue weighted by Crippen LogP contribution is -2.23. The summed E-state index contributed by atoms with van der Waals surface area (Å²) < 4.78 is 8.02. The van der Waals surface area contributed by atoms with E-state index in [1.54, 1.807) is 28.7 Å². The minimum absolute atomic E-state index is 0.152. The predicted octanol–water partition coefficient (Wildman–Crippen LogP) is 24.0. The summed E-state index contributed by atoms with van der Waals surface area (Å²) in [6, 6.07) is 47.4. The molecule has 0 aliphatic heterocycles. The van der Waals surface area contributed by atoms with Gasteiger partial charge in [-0.2, -0.15) is 5.26 Å². The Balaban J connectivity index is 1.02. The van der Waals surface area contributed by atoms with Crippen molar-refractivity contribution in [3.05, 3.63) is 154 Å². The highest BCUT2D eigenvalue weighted by molar-refractivity contribution is 7.33. The van der Waals surface area contributed by atoms with E-state index in [-0.39, 0.29) is 11.0 Å². The largest absolute Gasteiger partial charge is 0.477 e. The number of aliphatic carboxylic acids is 1. The highest BCUT2D eigenvalue weighted by atomic mass is 32.1. The van der Waals surface area contributed by atoms with Gasteiger partial charge in [0.05, 0.1) is 9.40 Å². The molecule has 0 saturated heterocycles. The fraction of sp³-hybridized carbons (Fsp3) is 0.387. The molecule has 7 nitrogen and oxygen atoms in total. The standard InChI is InChI=1S/C75H82N4O3S4/c1-7-13-17-21-29-49(27-15-9-3)39-52-41-58(42-54(48-76)74(80)81)83-70(52)66-46-61-68-69(78-82-77-68)62-47-67(86-73(62)72(61)85-66)71-53(40-50(28-16-10-4)30-22-18-14-8-2)44-65(84-71)51-35-37-59-60-38-36-57(45-64(60)75(11-5,12-6)63(59)43-51)79(55-31-23-19-24-32-55)56-33-25-20-26-34-56/h19-20,23-26,31-38,41-47,49-50H,7-18,21-22,27-30,39-40H2,1-6H3,(H,80,81)/b54-42+. The molecule has 0 amide bonds. The fourth-order valence-electron chi connectivity index (χ4n) is 13.7. The van der Waals surface area contributed by atoms with Crippen molar-refractivity contribution >= 4 is 106 Å². The Kier molecular flexibility index (Phi) is 19.9. The van der Waals surface area contributed by atoms with Crippen molar-refractivity contribution in [3.63, 3.8) is 0 Å². The van der Waals surface area contributed by atoms with E-state index in [0.717, 1.165) is 86.3 Å².